The number of carbonyl (C=O) groups excluding carboxylic acids is 1. The molecule has 156 valence electrons. The van der Waals surface area contributed by atoms with Crippen LogP contribution in [0, 0.1) is 0 Å². The fraction of sp³-hybridized carbons (Fsp3) is 0.500. The third kappa shape index (κ3) is 5.67. The molecule has 1 aliphatic rings. The molecule has 1 aliphatic heterocycles. The summed E-state index contributed by atoms with van der Waals surface area (Å²) in [5.74, 6) is 0. The van der Waals surface area contributed by atoms with Gasteiger partial charge in [-0.2, -0.15) is 0 Å². The third-order valence-corrected chi connectivity index (χ3v) is 5.04. The summed E-state index contributed by atoms with van der Waals surface area (Å²) in [7, 11) is 0. The molecule has 0 radical (unpaired) electrons. The SMILES string of the molecule is CC1CN(Cc2cccc(-c3ccnc(Cl)n3)c2)CC(C)N1C(=O)OC(C)(C)C. The van der Waals surface area contributed by atoms with Crippen molar-refractivity contribution >= 4 is 17.7 Å². The molecule has 0 aliphatic carbocycles. The molecular formula is C22H29ClN4O2. The molecule has 2 atom stereocenters. The van der Waals surface area contributed by atoms with Crippen LogP contribution in [0.15, 0.2) is 36.5 Å². The van der Waals surface area contributed by atoms with Gasteiger partial charge in [0.25, 0.3) is 0 Å². The zero-order chi connectivity index (χ0) is 21.2. The van der Waals surface area contributed by atoms with Crippen LogP contribution in [0.25, 0.3) is 11.3 Å². The van der Waals surface area contributed by atoms with E-state index in [2.05, 4.69) is 40.8 Å². The van der Waals surface area contributed by atoms with Crippen molar-refractivity contribution in [2.45, 2.75) is 58.8 Å². The van der Waals surface area contributed by atoms with E-state index in [-0.39, 0.29) is 23.5 Å². The Morgan fingerprint density at radius 2 is 1.90 bits per heavy atom. The lowest BCUT2D eigenvalue weighted by atomic mass is 10.0. The third-order valence-electron chi connectivity index (χ3n) is 4.85. The van der Waals surface area contributed by atoms with Crippen LogP contribution in [-0.4, -0.2) is 56.6 Å². The first-order valence-electron chi connectivity index (χ1n) is 9.94. The number of aromatic nitrogens is 2. The molecule has 0 spiro atoms. The number of rotatable bonds is 3. The number of ether oxygens (including phenoxy) is 1. The van der Waals surface area contributed by atoms with Crippen LogP contribution in [0.4, 0.5) is 4.79 Å². The highest BCUT2D eigenvalue weighted by molar-refractivity contribution is 6.28. The van der Waals surface area contributed by atoms with Gasteiger partial charge in [-0.1, -0.05) is 18.2 Å². The van der Waals surface area contributed by atoms with Crippen molar-refractivity contribution < 1.29 is 9.53 Å². The van der Waals surface area contributed by atoms with Crippen LogP contribution in [-0.2, 0) is 11.3 Å². The van der Waals surface area contributed by atoms with E-state index in [0.29, 0.717) is 0 Å². The predicted octanol–water partition coefficient (Wildman–Crippen LogP) is 4.63. The molecule has 6 nitrogen and oxygen atoms in total. The monoisotopic (exact) mass is 416 g/mol. The van der Waals surface area contributed by atoms with Crippen molar-refractivity contribution in [1.82, 2.24) is 19.8 Å². The van der Waals surface area contributed by atoms with Gasteiger partial charge < -0.3 is 9.64 Å². The zero-order valence-electron chi connectivity index (χ0n) is 17.7. The maximum Gasteiger partial charge on any atom is 0.410 e. The first-order valence-corrected chi connectivity index (χ1v) is 10.3. The normalized spacial score (nSPS) is 20.6. The molecule has 2 unspecified atom stereocenters. The van der Waals surface area contributed by atoms with Gasteiger partial charge in [-0.25, -0.2) is 14.8 Å². The van der Waals surface area contributed by atoms with Gasteiger partial charge in [0.2, 0.25) is 5.28 Å². The summed E-state index contributed by atoms with van der Waals surface area (Å²) in [4.78, 5) is 25.1. The quantitative estimate of drug-likeness (QED) is 0.683. The highest BCUT2D eigenvalue weighted by atomic mass is 35.5. The fourth-order valence-electron chi connectivity index (χ4n) is 3.82. The molecule has 1 aromatic heterocycles. The maximum atomic E-state index is 12.6. The average Bonchev–Trinajstić information content (AvgIpc) is 2.60. The Hall–Kier alpha value is -2.18. The minimum atomic E-state index is -0.488. The lowest BCUT2D eigenvalue weighted by Gasteiger charge is -2.44. The summed E-state index contributed by atoms with van der Waals surface area (Å²) in [5, 5.41) is 0.244. The molecule has 29 heavy (non-hydrogen) atoms. The van der Waals surface area contributed by atoms with Crippen molar-refractivity contribution in [3.8, 4) is 11.3 Å². The number of nitrogens with zero attached hydrogens (tertiary/aromatic N) is 4. The molecule has 0 bridgehead atoms. The molecule has 1 amide bonds. The van der Waals surface area contributed by atoms with Crippen molar-refractivity contribution in [2.75, 3.05) is 13.1 Å². The van der Waals surface area contributed by atoms with E-state index in [1.165, 1.54) is 5.56 Å². The number of piperazine rings is 1. The molecule has 2 heterocycles. The Balaban J connectivity index is 1.68. The first-order chi connectivity index (χ1) is 13.6. The van der Waals surface area contributed by atoms with Gasteiger partial charge in [0.15, 0.2) is 0 Å². The van der Waals surface area contributed by atoms with E-state index in [1.807, 2.05) is 43.9 Å². The Kier molecular flexibility index (Phi) is 6.44. The van der Waals surface area contributed by atoms with Crippen LogP contribution in [0.1, 0.15) is 40.2 Å². The highest BCUT2D eigenvalue weighted by Gasteiger charge is 2.35. The van der Waals surface area contributed by atoms with E-state index < -0.39 is 5.60 Å². The summed E-state index contributed by atoms with van der Waals surface area (Å²) in [6.45, 7) is 12.2. The Labute approximate surface area is 177 Å². The minimum Gasteiger partial charge on any atom is -0.444 e. The maximum absolute atomic E-state index is 12.6. The Bertz CT molecular complexity index is 856. The highest BCUT2D eigenvalue weighted by Crippen LogP contribution is 2.23. The van der Waals surface area contributed by atoms with Crippen LogP contribution in [0.2, 0.25) is 5.28 Å². The van der Waals surface area contributed by atoms with Crippen molar-refractivity contribution in [2.24, 2.45) is 0 Å². The number of benzene rings is 1. The second-order valence-electron chi connectivity index (χ2n) is 8.69. The lowest BCUT2D eigenvalue weighted by Crippen LogP contribution is -2.59. The van der Waals surface area contributed by atoms with E-state index >= 15 is 0 Å². The van der Waals surface area contributed by atoms with Crippen molar-refractivity contribution in [3.05, 3.63) is 47.4 Å². The smallest absolute Gasteiger partial charge is 0.410 e. The van der Waals surface area contributed by atoms with Gasteiger partial charge >= 0.3 is 6.09 Å². The summed E-state index contributed by atoms with van der Waals surface area (Å²) in [6.07, 6.45) is 1.43. The van der Waals surface area contributed by atoms with Gasteiger partial charge in [0.05, 0.1) is 5.69 Å². The van der Waals surface area contributed by atoms with Crippen LogP contribution < -0.4 is 0 Å². The zero-order valence-corrected chi connectivity index (χ0v) is 18.5. The summed E-state index contributed by atoms with van der Waals surface area (Å²) in [6, 6.07) is 10.3. The molecule has 2 aromatic rings. The Morgan fingerprint density at radius 1 is 1.21 bits per heavy atom. The molecule has 3 rings (SSSR count). The minimum absolute atomic E-state index is 0.0810. The molecule has 0 saturated carbocycles. The molecule has 1 aromatic carbocycles. The van der Waals surface area contributed by atoms with E-state index in [1.54, 1.807) is 6.20 Å². The molecular weight excluding hydrogens is 388 g/mol. The Morgan fingerprint density at radius 3 is 2.52 bits per heavy atom. The fourth-order valence-corrected chi connectivity index (χ4v) is 3.97. The van der Waals surface area contributed by atoms with E-state index in [4.69, 9.17) is 16.3 Å². The topological polar surface area (TPSA) is 58.6 Å². The van der Waals surface area contributed by atoms with E-state index in [9.17, 15) is 4.79 Å². The molecule has 1 fully saturated rings. The number of amides is 1. The van der Waals surface area contributed by atoms with Gasteiger partial charge in [0, 0.05) is 43.5 Å². The van der Waals surface area contributed by atoms with Gasteiger partial charge in [-0.3, -0.25) is 4.90 Å². The predicted molar refractivity (Wildman–Crippen MR) is 115 cm³/mol. The molecule has 1 saturated heterocycles. The first kappa shape index (κ1) is 21.5. The van der Waals surface area contributed by atoms with Crippen molar-refractivity contribution in [3.63, 3.8) is 0 Å². The van der Waals surface area contributed by atoms with Crippen LogP contribution in [0.5, 0.6) is 0 Å². The standard InChI is InChI=1S/C22H29ClN4O2/c1-15-12-26(13-16(2)27(15)21(28)29-22(3,4)5)14-17-7-6-8-18(11-17)19-9-10-24-20(23)25-19/h6-11,15-16H,12-14H2,1-5H3. The second-order valence-corrected chi connectivity index (χ2v) is 9.03. The number of carbonyl (C=O) groups is 1. The average molecular weight is 417 g/mol. The molecule has 0 N–H and O–H groups in total. The second kappa shape index (κ2) is 8.67. The van der Waals surface area contributed by atoms with Crippen LogP contribution >= 0.6 is 11.6 Å². The number of halogens is 1. The van der Waals surface area contributed by atoms with Crippen LogP contribution in [0.3, 0.4) is 0 Å². The van der Waals surface area contributed by atoms with Gasteiger partial charge in [0.1, 0.15) is 5.60 Å². The number of hydrogen-bond donors (Lipinski definition) is 0. The van der Waals surface area contributed by atoms with Crippen molar-refractivity contribution in [1.29, 1.82) is 0 Å². The summed E-state index contributed by atoms with van der Waals surface area (Å²) < 4.78 is 5.59. The largest absolute Gasteiger partial charge is 0.444 e. The van der Waals surface area contributed by atoms with Gasteiger partial charge in [-0.05, 0) is 63.9 Å². The summed E-state index contributed by atoms with van der Waals surface area (Å²) in [5.41, 5.74) is 2.53. The molecule has 7 heteroatoms. The van der Waals surface area contributed by atoms with E-state index in [0.717, 1.165) is 30.9 Å². The van der Waals surface area contributed by atoms with Gasteiger partial charge in [-0.15, -0.1) is 0 Å². The summed E-state index contributed by atoms with van der Waals surface area (Å²) >= 11 is 5.93. The lowest BCUT2D eigenvalue weighted by molar-refractivity contribution is -0.0162. The number of hydrogen-bond acceptors (Lipinski definition) is 5.